The third-order valence-corrected chi connectivity index (χ3v) is 3.51. The maximum absolute atomic E-state index is 12.2. The van der Waals surface area contributed by atoms with E-state index in [-0.39, 0.29) is 18.6 Å². The number of likely N-dealkylation sites (N-methyl/N-ethyl adjacent to an activating group) is 1. The Morgan fingerprint density at radius 3 is 2.52 bits per heavy atom. The van der Waals surface area contributed by atoms with Crippen LogP contribution in [0.15, 0.2) is 54.6 Å². The molecule has 0 saturated heterocycles. The molecule has 0 saturated carbocycles. The van der Waals surface area contributed by atoms with Crippen molar-refractivity contribution in [2.75, 3.05) is 27.2 Å². The molecule has 0 radical (unpaired) electrons. The van der Waals surface area contributed by atoms with E-state index >= 15 is 0 Å². The molecular formula is C19H25N2O2+. The SMILES string of the molecule is Cc1cccc(OCC(=O)N[C@@H](C[NH+](C)C)c2ccccc2)c1. The number of amides is 1. The van der Waals surface area contributed by atoms with E-state index in [1.165, 1.54) is 4.90 Å². The van der Waals surface area contributed by atoms with Crippen LogP contribution in [0.5, 0.6) is 5.75 Å². The molecule has 0 aliphatic heterocycles. The van der Waals surface area contributed by atoms with Gasteiger partial charge in [0.05, 0.1) is 14.1 Å². The summed E-state index contributed by atoms with van der Waals surface area (Å²) in [5.41, 5.74) is 2.22. The maximum atomic E-state index is 12.2. The Morgan fingerprint density at radius 1 is 1.13 bits per heavy atom. The molecule has 0 unspecified atom stereocenters. The van der Waals surface area contributed by atoms with Crippen LogP contribution < -0.4 is 15.0 Å². The molecule has 122 valence electrons. The molecule has 2 N–H and O–H groups in total. The van der Waals surface area contributed by atoms with Gasteiger partial charge in [0.2, 0.25) is 0 Å². The van der Waals surface area contributed by atoms with Gasteiger partial charge in [-0.1, -0.05) is 42.5 Å². The van der Waals surface area contributed by atoms with Crippen LogP contribution in [-0.4, -0.2) is 33.2 Å². The van der Waals surface area contributed by atoms with Gasteiger partial charge in [0.1, 0.15) is 18.3 Å². The first-order valence-electron chi connectivity index (χ1n) is 7.87. The zero-order valence-corrected chi connectivity index (χ0v) is 14.0. The lowest BCUT2D eigenvalue weighted by Crippen LogP contribution is -3.06. The Balaban J connectivity index is 1.95. The topological polar surface area (TPSA) is 42.8 Å². The number of hydrogen-bond acceptors (Lipinski definition) is 2. The van der Waals surface area contributed by atoms with Crippen molar-refractivity contribution in [1.29, 1.82) is 0 Å². The van der Waals surface area contributed by atoms with Crippen molar-refractivity contribution in [3.63, 3.8) is 0 Å². The van der Waals surface area contributed by atoms with E-state index in [0.29, 0.717) is 0 Å². The van der Waals surface area contributed by atoms with Crippen LogP contribution in [0.2, 0.25) is 0 Å². The number of rotatable bonds is 7. The number of hydrogen-bond donors (Lipinski definition) is 2. The molecule has 0 aliphatic carbocycles. The Kier molecular flexibility index (Phi) is 6.18. The number of nitrogens with one attached hydrogen (secondary N) is 2. The predicted molar refractivity (Wildman–Crippen MR) is 91.7 cm³/mol. The first kappa shape index (κ1) is 17.0. The van der Waals surface area contributed by atoms with Crippen molar-refractivity contribution < 1.29 is 14.4 Å². The monoisotopic (exact) mass is 313 g/mol. The second kappa shape index (κ2) is 8.34. The molecule has 0 fully saturated rings. The lowest BCUT2D eigenvalue weighted by Gasteiger charge is -2.21. The van der Waals surface area contributed by atoms with Crippen LogP contribution in [0.1, 0.15) is 17.2 Å². The van der Waals surface area contributed by atoms with Crippen LogP contribution in [-0.2, 0) is 4.79 Å². The highest BCUT2D eigenvalue weighted by Gasteiger charge is 2.17. The van der Waals surface area contributed by atoms with Crippen LogP contribution in [0.25, 0.3) is 0 Å². The molecule has 0 spiro atoms. The Labute approximate surface area is 138 Å². The van der Waals surface area contributed by atoms with Crippen molar-refractivity contribution in [3.05, 3.63) is 65.7 Å². The normalized spacial score (nSPS) is 12.0. The van der Waals surface area contributed by atoms with E-state index in [0.717, 1.165) is 23.4 Å². The zero-order valence-electron chi connectivity index (χ0n) is 14.0. The summed E-state index contributed by atoms with van der Waals surface area (Å²) in [6, 6.07) is 17.7. The van der Waals surface area contributed by atoms with Crippen molar-refractivity contribution in [1.82, 2.24) is 5.32 Å². The molecular weight excluding hydrogens is 288 g/mol. The molecule has 0 aromatic heterocycles. The van der Waals surface area contributed by atoms with Gasteiger partial charge in [0.15, 0.2) is 6.61 Å². The van der Waals surface area contributed by atoms with Crippen LogP contribution in [0, 0.1) is 6.92 Å². The molecule has 0 bridgehead atoms. The molecule has 2 aromatic carbocycles. The summed E-state index contributed by atoms with van der Waals surface area (Å²) in [4.78, 5) is 13.5. The van der Waals surface area contributed by atoms with E-state index in [1.807, 2.05) is 61.5 Å². The van der Waals surface area contributed by atoms with Crippen molar-refractivity contribution in [2.24, 2.45) is 0 Å². The van der Waals surface area contributed by atoms with Gasteiger partial charge in [-0.25, -0.2) is 0 Å². The molecule has 4 nitrogen and oxygen atoms in total. The highest BCUT2D eigenvalue weighted by molar-refractivity contribution is 5.78. The van der Waals surface area contributed by atoms with Gasteiger partial charge in [-0.3, -0.25) is 4.79 Å². The summed E-state index contributed by atoms with van der Waals surface area (Å²) < 4.78 is 5.57. The lowest BCUT2D eigenvalue weighted by molar-refractivity contribution is -0.860. The fourth-order valence-electron chi connectivity index (χ4n) is 2.44. The fraction of sp³-hybridized carbons (Fsp3) is 0.316. The summed E-state index contributed by atoms with van der Waals surface area (Å²) in [6.45, 7) is 2.84. The minimum atomic E-state index is -0.110. The highest BCUT2D eigenvalue weighted by Crippen LogP contribution is 2.13. The smallest absolute Gasteiger partial charge is 0.258 e. The maximum Gasteiger partial charge on any atom is 0.258 e. The van der Waals surface area contributed by atoms with Crippen molar-refractivity contribution in [2.45, 2.75) is 13.0 Å². The average molecular weight is 313 g/mol. The van der Waals surface area contributed by atoms with E-state index in [9.17, 15) is 4.79 Å². The largest absolute Gasteiger partial charge is 0.484 e. The van der Waals surface area contributed by atoms with Crippen molar-refractivity contribution in [3.8, 4) is 5.75 Å². The fourth-order valence-corrected chi connectivity index (χ4v) is 2.44. The number of carbonyl (C=O) groups excluding carboxylic acids is 1. The molecule has 0 aliphatic rings. The van der Waals surface area contributed by atoms with Crippen molar-refractivity contribution >= 4 is 5.91 Å². The number of benzene rings is 2. The third-order valence-electron chi connectivity index (χ3n) is 3.51. The van der Waals surface area contributed by atoms with Gasteiger partial charge in [-0.15, -0.1) is 0 Å². The van der Waals surface area contributed by atoms with Gasteiger partial charge in [-0.2, -0.15) is 0 Å². The van der Waals surface area contributed by atoms with E-state index in [1.54, 1.807) is 0 Å². The minimum Gasteiger partial charge on any atom is -0.484 e. The van der Waals surface area contributed by atoms with Gasteiger partial charge in [0, 0.05) is 0 Å². The predicted octanol–water partition coefficient (Wildman–Crippen LogP) is 1.38. The summed E-state index contributed by atoms with van der Waals surface area (Å²) in [5.74, 6) is 0.608. The number of quaternary nitrogens is 1. The average Bonchev–Trinajstić information content (AvgIpc) is 2.53. The highest BCUT2D eigenvalue weighted by atomic mass is 16.5. The second-order valence-corrected chi connectivity index (χ2v) is 6.05. The Hall–Kier alpha value is -2.33. The lowest BCUT2D eigenvalue weighted by atomic mass is 10.1. The van der Waals surface area contributed by atoms with Crippen LogP contribution >= 0.6 is 0 Å². The quantitative estimate of drug-likeness (QED) is 0.811. The number of carbonyl (C=O) groups is 1. The Bertz CT molecular complexity index is 626. The third kappa shape index (κ3) is 5.75. The van der Waals surface area contributed by atoms with Crippen LogP contribution in [0.3, 0.4) is 0 Å². The van der Waals surface area contributed by atoms with Gasteiger partial charge >= 0.3 is 0 Å². The minimum absolute atomic E-state index is 0.0187. The molecule has 2 rings (SSSR count). The van der Waals surface area contributed by atoms with E-state index in [2.05, 4.69) is 19.4 Å². The summed E-state index contributed by atoms with van der Waals surface area (Å²) >= 11 is 0. The van der Waals surface area contributed by atoms with Gasteiger partial charge in [-0.05, 0) is 30.2 Å². The first-order chi connectivity index (χ1) is 11.0. The molecule has 1 amide bonds. The van der Waals surface area contributed by atoms with Gasteiger partial charge < -0.3 is 15.0 Å². The Morgan fingerprint density at radius 2 is 1.87 bits per heavy atom. The number of aryl methyl sites for hydroxylation is 1. The molecule has 23 heavy (non-hydrogen) atoms. The molecule has 2 aromatic rings. The summed E-state index contributed by atoms with van der Waals surface area (Å²) in [5, 5.41) is 3.06. The standard InChI is InChI=1S/C19H24N2O2/c1-15-8-7-11-17(12-15)23-14-19(22)20-18(13-21(2)3)16-9-5-4-6-10-16/h4-12,18H,13-14H2,1-3H3,(H,20,22)/p+1/t18-/m0/s1. The second-order valence-electron chi connectivity index (χ2n) is 6.05. The summed E-state index contributed by atoms with van der Waals surface area (Å²) in [7, 11) is 4.15. The summed E-state index contributed by atoms with van der Waals surface area (Å²) in [6.07, 6.45) is 0. The molecule has 4 heteroatoms. The number of ether oxygens (including phenoxy) is 1. The molecule has 1 atom stereocenters. The van der Waals surface area contributed by atoms with E-state index in [4.69, 9.17) is 4.74 Å². The molecule has 0 heterocycles. The first-order valence-corrected chi connectivity index (χ1v) is 7.87. The van der Waals surface area contributed by atoms with Crippen LogP contribution in [0.4, 0.5) is 0 Å². The van der Waals surface area contributed by atoms with Gasteiger partial charge in [0.25, 0.3) is 5.91 Å². The van der Waals surface area contributed by atoms with E-state index < -0.39 is 0 Å². The zero-order chi connectivity index (χ0) is 16.7.